The molecule has 31 heavy (non-hydrogen) atoms. The first kappa shape index (κ1) is 21.0. The molecular formula is C23H29N5O3. The molecule has 0 saturated carbocycles. The molecule has 8 nitrogen and oxygen atoms in total. The van der Waals surface area contributed by atoms with Gasteiger partial charge in [0.2, 0.25) is 5.88 Å². The monoisotopic (exact) mass is 423 g/mol. The van der Waals surface area contributed by atoms with Crippen LogP contribution in [0, 0.1) is 5.92 Å². The lowest BCUT2D eigenvalue weighted by Gasteiger charge is -2.33. The van der Waals surface area contributed by atoms with Crippen molar-refractivity contribution in [2.75, 3.05) is 25.0 Å². The third-order valence-corrected chi connectivity index (χ3v) is 5.22. The third-order valence-electron chi connectivity index (χ3n) is 5.22. The molecule has 0 unspecified atom stereocenters. The first-order chi connectivity index (χ1) is 14.9. The van der Waals surface area contributed by atoms with Crippen molar-refractivity contribution in [3.63, 3.8) is 0 Å². The first-order valence-corrected chi connectivity index (χ1v) is 10.7. The molecule has 0 aliphatic carbocycles. The van der Waals surface area contributed by atoms with Crippen molar-refractivity contribution in [2.45, 2.75) is 39.2 Å². The molecule has 1 fully saturated rings. The lowest BCUT2D eigenvalue weighted by molar-refractivity contribution is 0.0188. The summed E-state index contributed by atoms with van der Waals surface area (Å²) in [4.78, 5) is 18.5. The number of carbonyl (C=O) groups excluding carboxylic acids is 1. The fraction of sp³-hybridized carbons (Fsp3) is 0.435. The third kappa shape index (κ3) is 5.25. The maximum Gasteiger partial charge on any atom is 0.410 e. The summed E-state index contributed by atoms with van der Waals surface area (Å²) in [6, 6.07) is 11.5. The van der Waals surface area contributed by atoms with E-state index in [0.717, 1.165) is 41.9 Å². The average Bonchev–Trinajstić information content (AvgIpc) is 3.16. The Morgan fingerprint density at radius 3 is 2.65 bits per heavy atom. The van der Waals surface area contributed by atoms with Gasteiger partial charge in [0.15, 0.2) is 5.82 Å². The summed E-state index contributed by atoms with van der Waals surface area (Å²) >= 11 is 0. The van der Waals surface area contributed by atoms with Gasteiger partial charge in [-0.15, -0.1) is 0 Å². The smallest absolute Gasteiger partial charge is 0.410 e. The second-order valence-electron chi connectivity index (χ2n) is 8.82. The molecule has 1 aromatic carbocycles. The van der Waals surface area contributed by atoms with E-state index in [0.29, 0.717) is 24.9 Å². The summed E-state index contributed by atoms with van der Waals surface area (Å²) in [7, 11) is 0. The van der Waals surface area contributed by atoms with Gasteiger partial charge in [-0.3, -0.25) is 5.10 Å². The topological polar surface area (TPSA) is 92.4 Å². The Morgan fingerprint density at radius 2 is 1.94 bits per heavy atom. The van der Waals surface area contributed by atoms with Gasteiger partial charge in [-0.1, -0.05) is 18.2 Å². The van der Waals surface area contributed by atoms with Gasteiger partial charge in [0, 0.05) is 25.8 Å². The van der Waals surface area contributed by atoms with E-state index >= 15 is 0 Å². The number of carbonyl (C=O) groups is 1. The number of ether oxygens (including phenoxy) is 2. The molecule has 0 spiro atoms. The summed E-state index contributed by atoms with van der Waals surface area (Å²) in [5.74, 6) is 2.41. The van der Waals surface area contributed by atoms with E-state index in [4.69, 9.17) is 9.47 Å². The normalized spacial score (nSPS) is 15.1. The Morgan fingerprint density at radius 1 is 1.19 bits per heavy atom. The Balaban J connectivity index is 1.37. The Labute approximate surface area is 181 Å². The van der Waals surface area contributed by atoms with Crippen LogP contribution in [0.15, 0.2) is 42.6 Å². The number of nitrogens with zero attached hydrogens (tertiary/aromatic N) is 3. The number of hydrogen-bond acceptors (Lipinski definition) is 6. The van der Waals surface area contributed by atoms with Gasteiger partial charge in [0.1, 0.15) is 16.7 Å². The van der Waals surface area contributed by atoms with Gasteiger partial charge in [-0.05, 0) is 57.7 Å². The molecule has 1 amide bonds. The van der Waals surface area contributed by atoms with Crippen molar-refractivity contribution in [1.29, 1.82) is 0 Å². The molecule has 164 valence electrons. The van der Waals surface area contributed by atoms with E-state index in [2.05, 4.69) is 20.5 Å². The van der Waals surface area contributed by atoms with Crippen LogP contribution in [0.2, 0.25) is 0 Å². The number of pyridine rings is 1. The lowest BCUT2D eigenvalue weighted by atomic mass is 9.97. The van der Waals surface area contributed by atoms with E-state index < -0.39 is 5.60 Å². The highest BCUT2D eigenvalue weighted by atomic mass is 16.6. The van der Waals surface area contributed by atoms with Crippen LogP contribution in [0.5, 0.6) is 11.6 Å². The number of benzene rings is 1. The second-order valence-corrected chi connectivity index (χ2v) is 8.82. The minimum absolute atomic E-state index is 0.231. The van der Waals surface area contributed by atoms with E-state index in [-0.39, 0.29) is 6.09 Å². The molecular weight excluding hydrogens is 394 g/mol. The number of anilines is 1. The number of fused-ring (bicyclic) bond motifs is 1. The zero-order chi connectivity index (χ0) is 21.8. The number of amides is 1. The number of hydrogen-bond donors (Lipinski definition) is 2. The quantitative estimate of drug-likeness (QED) is 0.612. The summed E-state index contributed by atoms with van der Waals surface area (Å²) in [6.45, 7) is 7.84. The second kappa shape index (κ2) is 8.83. The molecule has 8 heteroatoms. The van der Waals surface area contributed by atoms with E-state index in [1.54, 1.807) is 11.1 Å². The van der Waals surface area contributed by atoms with Crippen LogP contribution >= 0.6 is 0 Å². The highest BCUT2D eigenvalue weighted by Gasteiger charge is 2.27. The summed E-state index contributed by atoms with van der Waals surface area (Å²) in [5, 5.41) is 11.7. The van der Waals surface area contributed by atoms with Crippen molar-refractivity contribution in [3.05, 3.63) is 42.6 Å². The number of likely N-dealkylation sites (tertiary alicyclic amines) is 1. The molecule has 0 radical (unpaired) electrons. The molecule has 2 N–H and O–H groups in total. The predicted molar refractivity (Wildman–Crippen MR) is 119 cm³/mol. The highest BCUT2D eigenvalue weighted by molar-refractivity contribution is 5.94. The maximum absolute atomic E-state index is 12.3. The number of H-pyrrole nitrogens is 1. The lowest BCUT2D eigenvalue weighted by Crippen LogP contribution is -2.42. The predicted octanol–water partition coefficient (Wildman–Crippen LogP) is 4.81. The number of nitrogens with one attached hydrogen (secondary N) is 2. The maximum atomic E-state index is 12.3. The van der Waals surface area contributed by atoms with Gasteiger partial charge in [-0.2, -0.15) is 5.10 Å². The van der Waals surface area contributed by atoms with Crippen molar-refractivity contribution in [3.8, 4) is 11.6 Å². The molecule has 4 rings (SSSR count). The zero-order valence-electron chi connectivity index (χ0n) is 18.2. The molecule has 1 aliphatic heterocycles. The minimum Gasteiger partial charge on any atom is -0.444 e. The average molecular weight is 424 g/mol. The van der Waals surface area contributed by atoms with Crippen LogP contribution in [0.1, 0.15) is 33.6 Å². The molecule has 0 atom stereocenters. The number of rotatable bonds is 5. The number of aromatic amines is 1. The summed E-state index contributed by atoms with van der Waals surface area (Å²) in [6.07, 6.45) is 3.31. The molecule has 1 saturated heterocycles. The minimum atomic E-state index is -0.468. The molecule has 1 aliphatic rings. The molecule has 3 aromatic rings. The number of piperidine rings is 1. The van der Waals surface area contributed by atoms with Gasteiger partial charge < -0.3 is 19.7 Å². The molecule has 2 aromatic heterocycles. The SMILES string of the molecule is CC(C)(C)OC(=O)N1CCC(CNc2n[nH]c3ccnc(Oc4ccccc4)c23)CC1. The van der Waals surface area contributed by atoms with Crippen LogP contribution < -0.4 is 10.1 Å². The number of para-hydroxylation sites is 1. The fourth-order valence-corrected chi connectivity index (χ4v) is 3.63. The van der Waals surface area contributed by atoms with Gasteiger partial charge in [0.25, 0.3) is 0 Å². The van der Waals surface area contributed by atoms with Crippen molar-refractivity contribution in [1.82, 2.24) is 20.1 Å². The standard InChI is InChI=1S/C23H29N5O3/c1-23(2,3)31-22(29)28-13-10-16(11-14-28)15-25-20-19-18(26-27-20)9-12-24-21(19)30-17-7-5-4-6-8-17/h4-9,12,16H,10-11,13-15H2,1-3H3,(H2,25,26,27). The largest absolute Gasteiger partial charge is 0.444 e. The van der Waals surface area contributed by atoms with Crippen LogP contribution in [0.25, 0.3) is 10.9 Å². The fourth-order valence-electron chi connectivity index (χ4n) is 3.63. The summed E-state index contributed by atoms with van der Waals surface area (Å²) < 4.78 is 11.5. The van der Waals surface area contributed by atoms with Gasteiger partial charge in [0.05, 0.1) is 5.52 Å². The summed E-state index contributed by atoms with van der Waals surface area (Å²) in [5.41, 5.74) is 0.396. The van der Waals surface area contributed by atoms with Crippen LogP contribution in [-0.2, 0) is 4.74 Å². The van der Waals surface area contributed by atoms with Crippen molar-refractivity contribution in [2.24, 2.45) is 5.92 Å². The van der Waals surface area contributed by atoms with E-state index in [9.17, 15) is 4.79 Å². The highest BCUT2D eigenvalue weighted by Crippen LogP contribution is 2.32. The van der Waals surface area contributed by atoms with Gasteiger partial charge in [-0.25, -0.2) is 9.78 Å². The zero-order valence-corrected chi connectivity index (χ0v) is 18.2. The Bertz CT molecular complexity index is 1020. The van der Waals surface area contributed by atoms with Crippen LogP contribution in [0.4, 0.5) is 10.6 Å². The van der Waals surface area contributed by atoms with Crippen molar-refractivity contribution >= 4 is 22.8 Å². The Hall–Kier alpha value is -3.29. The van der Waals surface area contributed by atoms with Gasteiger partial charge >= 0.3 is 6.09 Å². The van der Waals surface area contributed by atoms with Crippen molar-refractivity contribution < 1.29 is 14.3 Å². The van der Waals surface area contributed by atoms with E-state index in [1.165, 1.54) is 0 Å². The Kier molecular flexibility index (Phi) is 5.97. The van der Waals surface area contributed by atoms with Crippen LogP contribution in [-0.4, -0.2) is 51.4 Å². The number of aromatic nitrogens is 3. The van der Waals surface area contributed by atoms with E-state index in [1.807, 2.05) is 57.2 Å². The van der Waals surface area contributed by atoms with Crippen LogP contribution in [0.3, 0.4) is 0 Å². The first-order valence-electron chi connectivity index (χ1n) is 10.7. The molecule has 3 heterocycles. The molecule has 0 bridgehead atoms.